The molecule has 2 aromatic carbocycles. The highest BCUT2D eigenvalue weighted by atomic mass is 35.5. The number of phenolic OH excluding ortho intramolecular Hbond substituents is 3. The van der Waals surface area contributed by atoms with Crippen LogP contribution in [0.4, 0.5) is 0 Å². The molecule has 0 amide bonds. The molecule has 0 aromatic heterocycles. The number of benzene rings is 2. The molecule has 2 rings (SSSR count). The first kappa shape index (κ1) is 11.6. The Morgan fingerprint density at radius 3 is 2.12 bits per heavy atom. The van der Waals surface area contributed by atoms with Crippen LogP contribution in [0.2, 0.25) is 5.02 Å². The van der Waals surface area contributed by atoms with Gasteiger partial charge in [-0.25, -0.2) is 0 Å². The summed E-state index contributed by atoms with van der Waals surface area (Å²) >= 11 is 5.77. The summed E-state index contributed by atoms with van der Waals surface area (Å²) in [5.41, 5.74) is 1.50. The third kappa shape index (κ3) is 2.45. The summed E-state index contributed by atoms with van der Waals surface area (Å²) < 4.78 is 0. The number of phenols is 3. The van der Waals surface area contributed by atoms with E-state index in [0.29, 0.717) is 17.0 Å². The molecule has 0 aliphatic carbocycles. The topological polar surface area (TPSA) is 60.7 Å². The molecule has 0 saturated carbocycles. The summed E-state index contributed by atoms with van der Waals surface area (Å²) in [6.45, 7) is 0. The molecule has 0 radical (unpaired) electrons. The molecular weight excluding hydrogens is 240 g/mol. The minimum atomic E-state index is -0.489. The Labute approximate surface area is 104 Å². The molecule has 0 unspecified atom stereocenters. The zero-order valence-electron chi connectivity index (χ0n) is 8.89. The van der Waals surface area contributed by atoms with Gasteiger partial charge in [-0.05, 0) is 23.8 Å². The Morgan fingerprint density at radius 1 is 0.824 bits per heavy atom. The highest BCUT2D eigenvalue weighted by Crippen LogP contribution is 2.37. The number of hydrogen-bond donors (Lipinski definition) is 3. The lowest BCUT2D eigenvalue weighted by atomic mass is 10.0. The summed E-state index contributed by atoms with van der Waals surface area (Å²) in [5, 5.41) is 28.9. The quantitative estimate of drug-likeness (QED) is 0.718. The molecule has 2 aromatic rings. The second-order valence-corrected chi connectivity index (χ2v) is 4.18. The summed E-state index contributed by atoms with van der Waals surface area (Å²) in [6.07, 6.45) is 0.455. The summed E-state index contributed by atoms with van der Waals surface area (Å²) in [5.74, 6) is -1.11. The Hall–Kier alpha value is -1.87. The molecule has 0 spiro atoms. The second kappa shape index (κ2) is 4.55. The zero-order chi connectivity index (χ0) is 12.4. The molecule has 3 nitrogen and oxygen atoms in total. The highest BCUT2D eigenvalue weighted by molar-refractivity contribution is 6.30. The second-order valence-electron chi connectivity index (χ2n) is 3.74. The van der Waals surface area contributed by atoms with Crippen LogP contribution < -0.4 is 0 Å². The fraction of sp³-hybridized carbons (Fsp3) is 0.0769. The van der Waals surface area contributed by atoms with Gasteiger partial charge in [-0.15, -0.1) is 0 Å². The van der Waals surface area contributed by atoms with Crippen molar-refractivity contribution in [1.29, 1.82) is 0 Å². The van der Waals surface area contributed by atoms with Crippen molar-refractivity contribution >= 4 is 11.6 Å². The van der Waals surface area contributed by atoms with Crippen LogP contribution in [0.3, 0.4) is 0 Å². The van der Waals surface area contributed by atoms with Crippen LogP contribution in [0.25, 0.3) is 0 Å². The van der Waals surface area contributed by atoms with E-state index in [9.17, 15) is 15.3 Å². The van der Waals surface area contributed by atoms with E-state index in [4.69, 9.17) is 11.6 Å². The van der Waals surface area contributed by atoms with E-state index in [0.717, 1.165) is 5.56 Å². The molecule has 0 heterocycles. The molecule has 0 aliphatic rings. The first-order chi connectivity index (χ1) is 8.08. The Morgan fingerprint density at radius 2 is 1.47 bits per heavy atom. The van der Waals surface area contributed by atoms with Gasteiger partial charge in [0.1, 0.15) is 0 Å². The smallest absolute Gasteiger partial charge is 0.200 e. The van der Waals surface area contributed by atoms with Crippen molar-refractivity contribution in [2.75, 3.05) is 0 Å². The van der Waals surface area contributed by atoms with E-state index < -0.39 is 5.75 Å². The van der Waals surface area contributed by atoms with Crippen molar-refractivity contribution in [2.24, 2.45) is 0 Å². The molecule has 0 saturated heterocycles. The Bertz CT molecular complexity index is 535. The minimum absolute atomic E-state index is 0.292. The molecule has 17 heavy (non-hydrogen) atoms. The van der Waals surface area contributed by atoms with Gasteiger partial charge in [-0.3, -0.25) is 0 Å². The van der Waals surface area contributed by atoms with Crippen molar-refractivity contribution < 1.29 is 15.3 Å². The molecule has 0 bridgehead atoms. The predicted molar refractivity (Wildman–Crippen MR) is 65.7 cm³/mol. The Balaban J connectivity index is 2.30. The summed E-state index contributed by atoms with van der Waals surface area (Å²) in [4.78, 5) is 0. The van der Waals surface area contributed by atoms with Crippen molar-refractivity contribution in [3.8, 4) is 17.2 Å². The van der Waals surface area contributed by atoms with Crippen LogP contribution in [0.1, 0.15) is 11.1 Å². The van der Waals surface area contributed by atoms with Crippen molar-refractivity contribution in [2.45, 2.75) is 6.42 Å². The van der Waals surface area contributed by atoms with Gasteiger partial charge in [0.15, 0.2) is 11.5 Å². The molecule has 3 N–H and O–H groups in total. The largest absolute Gasteiger partial charge is 0.504 e. The van der Waals surface area contributed by atoms with Crippen LogP contribution in [0, 0.1) is 0 Å². The molecule has 0 fully saturated rings. The number of halogens is 1. The number of hydrogen-bond acceptors (Lipinski definition) is 3. The van der Waals surface area contributed by atoms with Gasteiger partial charge in [0.25, 0.3) is 0 Å². The van der Waals surface area contributed by atoms with Gasteiger partial charge in [0.05, 0.1) is 0 Å². The summed E-state index contributed by atoms with van der Waals surface area (Å²) in [6, 6.07) is 10.1. The predicted octanol–water partition coefficient (Wildman–Crippen LogP) is 3.05. The van der Waals surface area contributed by atoms with Gasteiger partial charge in [0.2, 0.25) is 5.75 Å². The third-order valence-electron chi connectivity index (χ3n) is 2.52. The molecule has 4 heteroatoms. The highest BCUT2D eigenvalue weighted by Gasteiger charge is 2.11. The average Bonchev–Trinajstić information content (AvgIpc) is 2.33. The first-order valence-corrected chi connectivity index (χ1v) is 5.43. The van der Waals surface area contributed by atoms with E-state index in [2.05, 4.69) is 0 Å². The van der Waals surface area contributed by atoms with Gasteiger partial charge >= 0.3 is 0 Å². The van der Waals surface area contributed by atoms with E-state index in [1.165, 1.54) is 6.07 Å². The first-order valence-electron chi connectivity index (χ1n) is 5.05. The van der Waals surface area contributed by atoms with Gasteiger partial charge in [-0.1, -0.05) is 29.8 Å². The van der Waals surface area contributed by atoms with Crippen LogP contribution >= 0.6 is 11.6 Å². The molecular formula is C13H11ClO3. The van der Waals surface area contributed by atoms with E-state index in [1.54, 1.807) is 18.2 Å². The molecule has 0 atom stereocenters. The van der Waals surface area contributed by atoms with Crippen LogP contribution in [0.15, 0.2) is 36.4 Å². The maximum Gasteiger partial charge on any atom is 0.200 e. The monoisotopic (exact) mass is 250 g/mol. The van der Waals surface area contributed by atoms with Crippen molar-refractivity contribution in [3.63, 3.8) is 0 Å². The van der Waals surface area contributed by atoms with Gasteiger partial charge < -0.3 is 15.3 Å². The Kier molecular flexibility index (Phi) is 3.11. The normalized spacial score (nSPS) is 10.4. The molecule has 0 aliphatic heterocycles. The van der Waals surface area contributed by atoms with E-state index >= 15 is 0 Å². The van der Waals surface area contributed by atoms with Gasteiger partial charge in [-0.2, -0.15) is 0 Å². The minimum Gasteiger partial charge on any atom is -0.504 e. The lowest BCUT2D eigenvalue weighted by Crippen LogP contribution is -1.89. The van der Waals surface area contributed by atoms with Crippen molar-refractivity contribution in [3.05, 3.63) is 52.5 Å². The fourth-order valence-electron chi connectivity index (χ4n) is 1.58. The van der Waals surface area contributed by atoms with Crippen LogP contribution in [-0.4, -0.2) is 15.3 Å². The maximum atomic E-state index is 9.66. The third-order valence-corrected chi connectivity index (χ3v) is 2.77. The molecule has 88 valence electrons. The maximum absolute atomic E-state index is 9.66. The van der Waals surface area contributed by atoms with Crippen molar-refractivity contribution in [1.82, 2.24) is 0 Å². The summed E-state index contributed by atoms with van der Waals surface area (Å²) in [7, 11) is 0. The number of rotatable bonds is 2. The average molecular weight is 251 g/mol. The van der Waals surface area contributed by atoms with Crippen LogP contribution in [0.5, 0.6) is 17.2 Å². The van der Waals surface area contributed by atoms with E-state index in [-0.39, 0.29) is 11.5 Å². The number of aromatic hydroxyl groups is 3. The van der Waals surface area contributed by atoms with E-state index in [1.807, 2.05) is 12.1 Å². The zero-order valence-corrected chi connectivity index (χ0v) is 9.65. The van der Waals surface area contributed by atoms with Crippen LogP contribution in [-0.2, 0) is 6.42 Å². The standard InChI is InChI=1S/C13H11ClO3/c14-10-4-1-8(2-5-10)7-9-3-6-11(15)13(17)12(9)16/h1-6,15-17H,7H2. The fourth-order valence-corrected chi connectivity index (χ4v) is 1.70. The lowest BCUT2D eigenvalue weighted by Gasteiger charge is -2.07. The lowest BCUT2D eigenvalue weighted by molar-refractivity contribution is 0.365. The van der Waals surface area contributed by atoms with Gasteiger partial charge in [0, 0.05) is 17.0 Å². The SMILES string of the molecule is Oc1ccc(Cc2ccc(Cl)cc2)c(O)c1O.